The van der Waals surface area contributed by atoms with Crippen LogP contribution in [0, 0.1) is 46.3 Å². The van der Waals surface area contributed by atoms with E-state index in [1.165, 1.54) is 70.6 Å². The molecule has 8 atom stereocenters. The number of nitrogens with zero attached hydrogens (tertiary/aromatic N) is 1. The third kappa shape index (κ3) is 4.53. The van der Waals surface area contributed by atoms with Gasteiger partial charge in [0.1, 0.15) is 0 Å². The number of ether oxygens (including phenoxy) is 1. The van der Waals surface area contributed by atoms with E-state index >= 15 is 0 Å². The minimum Gasteiger partial charge on any atom is -0.479 e. The summed E-state index contributed by atoms with van der Waals surface area (Å²) in [6, 6.07) is 0. The minimum absolute atomic E-state index is 0.00575. The second-order valence-electron chi connectivity index (χ2n) is 14.3. The van der Waals surface area contributed by atoms with Crippen molar-refractivity contribution in [3.8, 4) is 0 Å². The Bertz CT molecular complexity index is 853. The molecule has 5 aliphatic rings. The molecule has 5 fully saturated rings. The summed E-state index contributed by atoms with van der Waals surface area (Å²) < 4.78 is 6.10. The summed E-state index contributed by atoms with van der Waals surface area (Å²) in [7, 11) is 0. The lowest BCUT2D eigenvalue weighted by Crippen LogP contribution is -2.71. The number of nitrogens with two attached hydrogens (primary N) is 2. The lowest BCUT2D eigenvalue weighted by Gasteiger charge is -2.68. The number of rotatable bonds is 8. The lowest BCUT2D eigenvalue weighted by atomic mass is 9.39. The van der Waals surface area contributed by atoms with Gasteiger partial charge in [-0.3, -0.25) is 4.79 Å². The zero-order valence-electron chi connectivity index (χ0n) is 24.1. The van der Waals surface area contributed by atoms with E-state index in [9.17, 15) is 4.79 Å². The van der Waals surface area contributed by atoms with Gasteiger partial charge in [-0.2, -0.15) is 0 Å². The van der Waals surface area contributed by atoms with Gasteiger partial charge in [-0.1, -0.05) is 40.0 Å². The third-order valence-corrected chi connectivity index (χ3v) is 13.0. The van der Waals surface area contributed by atoms with Crippen molar-refractivity contribution in [3.63, 3.8) is 0 Å². The van der Waals surface area contributed by atoms with E-state index in [1.807, 2.05) is 0 Å². The molecule has 5 rings (SSSR count). The number of carbonyl (C=O) groups excluding carboxylic acids is 1. The van der Waals surface area contributed by atoms with Crippen LogP contribution in [-0.4, -0.2) is 36.0 Å². The first-order chi connectivity index (χ1) is 17.6. The Hall–Kier alpha value is -1.23. The van der Waals surface area contributed by atoms with Crippen LogP contribution >= 0.6 is 0 Å². The number of fused-ring (bicyclic) bond motifs is 5. The number of hydrogen-bond donors (Lipinski definition) is 2. The van der Waals surface area contributed by atoms with Gasteiger partial charge in [-0.05, 0) is 118 Å². The second-order valence-corrected chi connectivity index (χ2v) is 14.3. The minimum atomic E-state index is -0.171. The van der Waals surface area contributed by atoms with Crippen molar-refractivity contribution in [3.05, 3.63) is 12.5 Å². The van der Waals surface area contributed by atoms with Crippen LogP contribution in [0.25, 0.3) is 0 Å². The van der Waals surface area contributed by atoms with E-state index in [1.54, 1.807) is 0 Å². The van der Waals surface area contributed by atoms with Gasteiger partial charge in [-0.25, -0.2) is 0 Å². The highest BCUT2D eigenvalue weighted by Gasteiger charge is 2.66. The molecule has 0 bridgehead atoms. The van der Waals surface area contributed by atoms with Crippen molar-refractivity contribution in [1.82, 2.24) is 4.90 Å². The number of primary amides is 1. The van der Waals surface area contributed by atoms with Gasteiger partial charge < -0.3 is 21.1 Å². The molecule has 0 radical (unpaired) electrons. The molecule has 1 aliphatic heterocycles. The molecular formula is C32H55N3O2. The first-order valence-electron chi connectivity index (χ1n) is 15.8. The van der Waals surface area contributed by atoms with Gasteiger partial charge >= 0.3 is 0 Å². The molecule has 5 unspecified atom stereocenters. The van der Waals surface area contributed by atoms with Gasteiger partial charge in [0.2, 0.25) is 5.91 Å². The van der Waals surface area contributed by atoms with Crippen molar-refractivity contribution >= 4 is 5.91 Å². The van der Waals surface area contributed by atoms with Crippen LogP contribution in [0.3, 0.4) is 0 Å². The molecule has 5 heteroatoms. The second kappa shape index (κ2) is 10.4. The summed E-state index contributed by atoms with van der Waals surface area (Å²) in [6.07, 6.45) is 17.6. The maximum Gasteiger partial charge on any atom is 0.220 e. The zero-order chi connectivity index (χ0) is 26.4. The van der Waals surface area contributed by atoms with Crippen LogP contribution < -0.4 is 11.5 Å². The van der Waals surface area contributed by atoms with Crippen molar-refractivity contribution in [1.29, 1.82) is 0 Å². The van der Waals surface area contributed by atoms with Crippen molar-refractivity contribution < 1.29 is 9.53 Å². The smallest absolute Gasteiger partial charge is 0.220 e. The summed E-state index contributed by atoms with van der Waals surface area (Å²) in [4.78, 5) is 13.6. The lowest BCUT2D eigenvalue weighted by molar-refractivity contribution is -0.152. The largest absolute Gasteiger partial charge is 0.479 e. The quantitative estimate of drug-likeness (QED) is 0.298. The monoisotopic (exact) mass is 513 g/mol. The van der Waals surface area contributed by atoms with E-state index < -0.39 is 0 Å². The average molecular weight is 514 g/mol. The van der Waals surface area contributed by atoms with Crippen LogP contribution in [0.2, 0.25) is 0 Å². The third-order valence-electron chi connectivity index (χ3n) is 13.0. The fourth-order valence-corrected chi connectivity index (χ4v) is 10.6. The molecule has 1 saturated heterocycles. The van der Waals surface area contributed by atoms with Crippen LogP contribution in [0.5, 0.6) is 0 Å². The summed E-state index contributed by atoms with van der Waals surface area (Å²) in [5.74, 6) is 4.63. The Labute approximate surface area is 226 Å². The van der Waals surface area contributed by atoms with Gasteiger partial charge in [0.05, 0.1) is 6.61 Å². The number of amides is 1. The van der Waals surface area contributed by atoms with Crippen LogP contribution in [0.15, 0.2) is 12.5 Å². The highest BCUT2D eigenvalue weighted by atomic mass is 16.5. The molecular weight excluding hydrogens is 458 g/mol. The van der Waals surface area contributed by atoms with Crippen LogP contribution in [0.1, 0.15) is 111 Å². The van der Waals surface area contributed by atoms with Crippen molar-refractivity contribution in [2.45, 2.75) is 116 Å². The normalized spacial score (nSPS) is 44.0. The topological polar surface area (TPSA) is 81.6 Å². The van der Waals surface area contributed by atoms with Gasteiger partial charge in [-0.15, -0.1) is 0 Å². The first kappa shape index (κ1) is 27.3. The van der Waals surface area contributed by atoms with Gasteiger partial charge in [0, 0.05) is 24.5 Å². The standard InChI is InChI=1S/C32H55N3O2/c1-5-23-21-28-27-12-11-25(9-8-20-37-22(2)35-18-13-24(14-19-35)29(33)36)30(27,3)16-17-32(28,34)31(4)15-7-6-10-26(23)31/h23-28H,2,5-21,34H2,1,3-4H3,(H2,33,36)/t23-,25?,26?,27?,28?,30+,31?,32+/m0/s1. The fourth-order valence-electron chi connectivity index (χ4n) is 10.6. The molecule has 1 amide bonds. The Kier molecular flexibility index (Phi) is 7.68. The molecule has 4 N–H and O–H groups in total. The maximum atomic E-state index is 11.4. The predicted octanol–water partition coefficient (Wildman–Crippen LogP) is 6.22. The number of likely N-dealkylation sites (tertiary alicyclic amines) is 1. The Morgan fingerprint density at radius 2 is 1.76 bits per heavy atom. The van der Waals surface area contributed by atoms with E-state index in [0.29, 0.717) is 16.7 Å². The summed E-state index contributed by atoms with van der Waals surface area (Å²) >= 11 is 0. The summed E-state index contributed by atoms with van der Waals surface area (Å²) in [5.41, 5.74) is 13.9. The van der Waals surface area contributed by atoms with E-state index in [4.69, 9.17) is 16.2 Å². The number of hydrogen-bond acceptors (Lipinski definition) is 4. The molecule has 4 saturated carbocycles. The molecule has 5 nitrogen and oxygen atoms in total. The molecule has 0 aromatic rings. The van der Waals surface area contributed by atoms with Crippen molar-refractivity contribution in [2.24, 2.45) is 57.8 Å². The number of piperidine rings is 1. The SMILES string of the molecule is C=C(OCCCC1CCC2C3C[C@H](CC)C4CCCCC4(C)[C@@]3(N)CC[C@]12C)N1CCC(C(N)=O)CC1. The zero-order valence-corrected chi connectivity index (χ0v) is 24.1. The Morgan fingerprint density at radius 1 is 1.00 bits per heavy atom. The van der Waals surface area contributed by atoms with Gasteiger partial charge in [0.25, 0.3) is 0 Å². The highest BCUT2D eigenvalue weighted by molar-refractivity contribution is 5.76. The molecule has 0 aromatic carbocycles. The average Bonchev–Trinajstić information content (AvgIpc) is 3.22. The molecule has 0 spiro atoms. The Balaban J connectivity index is 1.17. The van der Waals surface area contributed by atoms with Gasteiger partial charge in [0.15, 0.2) is 5.88 Å². The molecule has 0 aromatic heterocycles. The van der Waals surface area contributed by atoms with E-state index in [0.717, 1.165) is 68.5 Å². The predicted molar refractivity (Wildman–Crippen MR) is 150 cm³/mol. The fraction of sp³-hybridized carbons (Fsp3) is 0.906. The van der Waals surface area contributed by atoms with E-state index in [2.05, 4.69) is 32.3 Å². The molecule has 4 aliphatic carbocycles. The number of carbonyl (C=O) groups is 1. The highest BCUT2D eigenvalue weighted by Crippen LogP contribution is 2.69. The summed E-state index contributed by atoms with van der Waals surface area (Å²) in [5, 5.41) is 0. The summed E-state index contributed by atoms with van der Waals surface area (Å²) in [6.45, 7) is 14.2. The Morgan fingerprint density at radius 3 is 2.46 bits per heavy atom. The first-order valence-corrected chi connectivity index (χ1v) is 15.8. The van der Waals surface area contributed by atoms with E-state index in [-0.39, 0.29) is 17.4 Å². The molecule has 210 valence electrons. The van der Waals surface area contributed by atoms with Crippen LogP contribution in [0.4, 0.5) is 0 Å². The molecule has 37 heavy (non-hydrogen) atoms. The van der Waals surface area contributed by atoms with Crippen molar-refractivity contribution in [2.75, 3.05) is 19.7 Å². The van der Waals surface area contributed by atoms with Crippen LogP contribution in [-0.2, 0) is 9.53 Å². The molecule has 1 heterocycles. The maximum absolute atomic E-state index is 11.4.